The van der Waals surface area contributed by atoms with Crippen molar-refractivity contribution in [3.63, 3.8) is 0 Å². The summed E-state index contributed by atoms with van der Waals surface area (Å²) >= 11 is 0. The summed E-state index contributed by atoms with van der Waals surface area (Å²) in [5, 5.41) is 0. The topological polar surface area (TPSA) is 29.5 Å². The molecule has 0 unspecified atom stereocenters. The lowest BCUT2D eigenvalue weighted by molar-refractivity contribution is -0.169. The Bertz CT molecular complexity index is 460. The van der Waals surface area contributed by atoms with E-state index in [1.165, 1.54) is 0 Å². The van der Waals surface area contributed by atoms with Gasteiger partial charge in [-0.3, -0.25) is 4.79 Å². The van der Waals surface area contributed by atoms with Crippen molar-refractivity contribution in [3.05, 3.63) is 35.9 Å². The number of carbonyl (C=O) groups is 1. The SMILES string of the molecule is CCC[C@](OC(=O)CC)(c1ccccc1)[C@H]1CCN(C)C1. The lowest BCUT2D eigenvalue weighted by Crippen LogP contribution is -2.41. The maximum Gasteiger partial charge on any atom is 0.306 e. The molecule has 0 radical (unpaired) electrons. The van der Waals surface area contributed by atoms with E-state index in [1.807, 2.05) is 25.1 Å². The zero-order valence-corrected chi connectivity index (χ0v) is 13.5. The summed E-state index contributed by atoms with van der Waals surface area (Å²) in [4.78, 5) is 14.4. The van der Waals surface area contributed by atoms with Gasteiger partial charge in [-0.2, -0.15) is 0 Å². The highest BCUT2D eigenvalue weighted by Crippen LogP contribution is 2.42. The van der Waals surface area contributed by atoms with E-state index in [9.17, 15) is 4.79 Å². The number of nitrogens with zero attached hydrogens (tertiary/aromatic N) is 1. The third-order valence-corrected chi connectivity index (χ3v) is 4.52. The van der Waals surface area contributed by atoms with Gasteiger partial charge in [0, 0.05) is 18.9 Å². The fourth-order valence-corrected chi connectivity index (χ4v) is 3.46. The van der Waals surface area contributed by atoms with Gasteiger partial charge in [-0.15, -0.1) is 0 Å². The van der Waals surface area contributed by atoms with E-state index in [0.717, 1.165) is 37.9 Å². The second-order valence-corrected chi connectivity index (χ2v) is 6.08. The highest BCUT2D eigenvalue weighted by molar-refractivity contribution is 5.69. The van der Waals surface area contributed by atoms with Crippen LogP contribution in [0.2, 0.25) is 0 Å². The van der Waals surface area contributed by atoms with Gasteiger partial charge in [0.25, 0.3) is 0 Å². The Balaban J connectivity index is 2.40. The van der Waals surface area contributed by atoms with Crippen LogP contribution in [0.1, 0.15) is 45.1 Å². The van der Waals surface area contributed by atoms with Crippen molar-refractivity contribution in [2.24, 2.45) is 5.92 Å². The minimum atomic E-state index is -0.464. The second-order valence-electron chi connectivity index (χ2n) is 6.08. The number of ether oxygens (including phenoxy) is 1. The number of carbonyl (C=O) groups excluding carboxylic acids is 1. The smallest absolute Gasteiger partial charge is 0.306 e. The van der Waals surface area contributed by atoms with E-state index in [4.69, 9.17) is 4.74 Å². The summed E-state index contributed by atoms with van der Waals surface area (Å²) in [7, 11) is 2.14. The first kappa shape index (κ1) is 16.0. The third-order valence-electron chi connectivity index (χ3n) is 4.52. The Morgan fingerprint density at radius 3 is 2.57 bits per heavy atom. The average molecular weight is 289 g/mol. The van der Waals surface area contributed by atoms with Crippen LogP contribution in [0, 0.1) is 5.92 Å². The van der Waals surface area contributed by atoms with Gasteiger partial charge in [0.05, 0.1) is 0 Å². The molecule has 1 aromatic carbocycles. The minimum absolute atomic E-state index is 0.0955. The van der Waals surface area contributed by atoms with Crippen LogP contribution >= 0.6 is 0 Å². The summed E-state index contributed by atoms with van der Waals surface area (Å²) in [5.41, 5.74) is 0.683. The van der Waals surface area contributed by atoms with Crippen LogP contribution in [-0.4, -0.2) is 31.0 Å². The van der Waals surface area contributed by atoms with Crippen LogP contribution in [0.5, 0.6) is 0 Å². The van der Waals surface area contributed by atoms with Crippen LogP contribution < -0.4 is 0 Å². The van der Waals surface area contributed by atoms with Crippen molar-refractivity contribution in [2.45, 2.75) is 45.1 Å². The maximum absolute atomic E-state index is 12.1. The molecular weight excluding hydrogens is 262 g/mol. The van der Waals surface area contributed by atoms with Crippen molar-refractivity contribution in [2.75, 3.05) is 20.1 Å². The second kappa shape index (κ2) is 7.08. The average Bonchev–Trinajstić information content (AvgIpc) is 2.94. The van der Waals surface area contributed by atoms with E-state index in [-0.39, 0.29) is 5.97 Å². The van der Waals surface area contributed by atoms with Gasteiger partial charge in [0.15, 0.2) is 0 Å². The summed E-state index contributed by atoms with van der Waals surface area (Å²) in [6, 6.07) is 10.3. The molecule has 1 aliphatic rings. The lowest BCUT2D eigenvalue weighted by atomic mass is 9.77. The predicted octanol–water partition coefficient (Wildman–Crippen LogP) is 3.59. The quantitative estimate of drug-likeness (QED) is 0.750. The summed E-state index contributed by atoms with van der Waals surface area (Å²) < 4.78 is 6.08. The molecule has 0 N–H and O–H groups in total. The number of rotatable bonds is 6. The first-order valence-corrected chi connectivity index (χ1v) is 8.08. The Kier molecular flexibility index (Phi) is 5.40. The summed E-state index contributed by atoms with van der Waals surface area (Å²) in [6.07, 6.45) is 3.41. The fraction of sp³-hybridized carbons (Fsp3) is 0.611. The number of hydrogen-bond acceptors (Lipinski definition) is 3. The molecule has 1 fully saturated rings. The lowest BCUT2D eigenvalue weighted by Gasteiger charge is -2.39. The van der Waals surface area contributed by atoms with Crippen LogP contribution in [0.25, 0.3) is 0 Å². The van der Waals surface area contributed by atoms with Crippen molar-refractivity contribution in [1.82, 2.24) is 4.90 Å². The van der Waals surface area contributed by atoms with Gasteiger partial charge >= 0.3 is 5.97 Å². The van der Waals surface area contributed by atoms with Crippen LogP contribution in [0.4, 0.5) is 0 Å². The standard InChI is InChI=1S/C18H27NO2/c1-4-12-18(21-17(20)5-2,15-9-7-6-8-10-15)16-11-13-19(3)14-16/h6-10,16H,4-5,11-14H2,1-3H3/t16-,18-/m0/s1. The Labute approximate surface area is 128 Å². The van der Waals surface area contributed by atoms with Crippen LogP contribution in [0.15, 0.2) is 30.3 Å². The highest BCUT2D eigenvalue weighted by Gasteiger charge is 2.45. The molecule has 0 bridgehead atoms. The van der Waals surface area contributed by atoms with Crippen molar-refractivity contribution >= 4 is 5.97 Å². The van der Waals surface area contributed by atoms with Gasteiger partial charge in [-0.05, 0) is 32.0 Å². The van der Waals surface area contributed by atoms with Gasteiger partial charge in [-0.1, -0.05) is 50.6 Å². The Morgan fingerprint density at radius 2 is 2.05 bits per heavy atom. The molecular formula is C18H27NO2. The molecule has 1 aromatic rings. The molecule has 0 aliphatic carbocycles. The van der Waals surface area contributed by atoms with Crippen molar-refractivity contribution < 1.29 is 9.53 Å². The van der Waals surface area contributed by atoms with E-state index in [0.29, 0.717) is 12.3 Å². The predicted molar refractivity (Wildman–Crippen MR) is 85.0 cm³/mol. The molecule has 0 amide bonds. The van der Waals surface area contributed by atoms with Crippen LogP contribution in [0.3, 0.4) is 0 Å². The van der Waals surface area contributed by atoms with Gasteiger partial charge < -0.3 is 9.64 Å². The molecule has 21 heavy (non-hydrogen) atoms. The molecule has 1 saturated heterocycles. The number of esters is 1. The van der Waals surface area contributed by atoms with E-state index >= 15 is 0 Å². The fourth-order valence-electron chi connectivity index (χ4n) is 3.46. The Morgan fingerprint density at radius 1 is 1.33 bits per heavy atom. The number of likely N-dealkylation sites (tertiary alicyclic amines) is 1. The molecule has 1 aliphatic heterocycles. The molecule has 2 rings (SSSR count). The molecule has 1 heterocycles. The van der Waals surface area contributed by atoms with Gasteiger partial charge in [0.2, 0.25) is 0 Å². The first-order chi connectivity index (χ1) is 10.1. The number of benzene rings is 1. The van der Waals surface area contributed by atoms with E-state index in [1.54, 1.807) is 0 Å². The van der Waals surface area contributed by atoms with Crippen molar-refractivity contribution in [1.29, 1.82) is 0 Å². The maximum atomic E-state index is 12.1. The molecule has 3 heteroatoms. The van der Waals surface area contributed by atoms with Gasteiger partial charge in [-0.25, -0.2) is 0 Å². The third kappa shape index (κ3) is 3.46. The first-order valence-electron chi connectivity index (χ1n) is 8.08. The zero-order chi connectivity index (χ0) is 15.3. The van der Waals surface area contributed by atoms with Crippen molar-refractivity contribution in [3.8, 4) is 0 Å². The summed E-state index contributed by atoms with van der Waals surface area (Å²) in [6.45, 7) is 6.10. The molecule has 0 saturated carbocycles. The molecule has 0 aromatic heterocycles. The summed E-state index contributed by atoms with van der Waals surface area (Å²) in [5.74, 6) is 0.280. The molecule has 116 valence electrons. The van der Waals surface area contributed by atoms with Crippen LogP contribution in [-0.2, 0) is 15.1 Å². The van der Waals surface area contributed by atoms with E-state index in [2.05, 4.69) is 31.0 Å². The van der Waals surface area contributed by atoms with Gasteiger partial charge in [0.1, 0.15) is 5.60 Å². The Hall–Kier alpha value is -1.35. The van der Waals surface area contributed by atoms with E-state index < -0.39 is 5.60 Å². The zero-order valence-electron chi connectivity index (χ0n) is 13.5. The number of hydrogen-bond donors (Lipinski definition) is 0. The highest BCUT2D eigenvalue weighted by atomic mass is 16.6. The molecule has 3 nitrogen and oxygen atoms in total. The minimum Gasteiger partial charge on any atom is -0.454 e. The molecule has 0 spiro atoms. The normalized spacial score (nSPS) is 22.0. The largest absolute Gasteiger partial charge is 0.454 e. The molecule has 2 atom stereocenters. The monoisotopic (exact) mass is 289 g/mol.